The molecule has 0 aliphatic rings. The quantitative estimate of drug-likeness (QED) is 0.369. The van der Waals surface area contributed by atoms with Gasteiger partial charge in [0.1, 0.15) is 29.0 Å². The first-order chi connectivity index (χ1) is 16.7. The number of hydrogen-bond acceptors (Lipinski definition) is 4. The second kappa shape index (κ2) is 9.56. The van der Waals surface area contributed by atoms with E-state index in [-0.39, 0.29) is 23.6 Å². The Balaban J connectivity index is 2.02. The van der Waals surface area contributed by atoms with Crippen molar-refractivity contribution in [3.05, 3.63) is 78.1 Å². The lowest BCUT2D eigenvalue weighted by Crippen LogP contribution is -2.33. The van der Waals surface area contributed by atoms with Gasteiger partial charge in [-0.25, -0.2) is 27.8 Å². The number of fused-ring (bicyclic) bond motifs is 1. The van der Waals surface area contributed by atoms with Crippen molar-refractivity contribution in [1.82, 2.24) is 4.98 Å². The number of nitrogens with two attached hydrogens (primary N) is 2. The number of anilines is 3. The molecule has 0 spiro atoms. The SMILES string of the molecule is NCC(=O)Nc1ccc2c(-c3ccc([SiH3])cc3F)nc(N(C(N)=O)c3c(F)cccc3F)cc2c1. The lowest BCUT2D eigenvalue weighted by atomic mass is 10.0. The standard InChI is InChI=1S/C24H20F3N5O2Si/c25-17-2-1-3-18(26)23(17)32(24(29)34)20-9-12-8-13(30-21(33)11-28)4-6-15(12)22(31-20)16-7-5-14(35)10-19(16)27/h1-10H,11,28H2,35H3,(H2,29,34)(H,30,33). The summed E-state index contributed by atoms with van der Waals surface area (Å²) in [7, 11) is 0.624. The van der Waals surface area contributed by atoms with Crippen LogP contribution in [0.1, 0.15) is 0 Å². The van der Waals surface area contributed by atoms with Gasteiger partial charge < -0.3 is 16.8 Å². The van der Waals surface area contributed by atoms with Crippen LogP contribution in [0, 0.1) is 17.5 Å². The van der Waals surface area contributed by atoms with Gasteiger partial charge in [-0.05, 0) is 47.9 Å². The minimum atomic E-state index is -1.20. The van der Waals surface area contributed by atoms with Crippen molar-refractivity contribution >= 4 is 55.3 Å². The first-order valence-electron chi connectivity index (χ1n) is 10.4. The molecule has 4 aromatic rings. The summed E-state index contributed by atoms with van der Waals surface area (Å²) in [6.07, 6.45) is 0. The van der Waals surface area contributed by atoms with E-state index in [9.17, 15) is 22.8 Å². The molecule has 0 fully saturated rings. The lowest BCUT2D eigenvalue weighted by Gasteiger charge is -2.22. The number of carbonyl (C=O) groups excluding carboxylic acids is 2. The van der Waals surface area contributed by atoms with Crippen LogP contribution in [-0.4, -0.2) is 33.7 Å². The van der Waals surface area contributed by atoms with E-state index in [2.05, 4.69) is 10.3 Å². The largest absolute Gasteiger partial charge is 0.351 e. The van der Waals surface area contributed by atoms with E-state index in [0.29, 0.717) is 31.6 Å². The summed E-state index contributed by atoms with van der Waals surface area (Å²) in [6.45, 7) is -0.245. The molecule has 4 rings (SSSR count). The van der Waals surface area contributed by atoms with Crippen LogP contribution in [-0.2, 0) is 4.79 Å². The average Bonchev–Trinajstić information content (AvgIpc) is 2.80. The molecule has 3 aromatic carbocycles. The molecule has 3 amide bonds. The van der Waals surface area contributed by atoms with E-state index in [4.69, 9.17) is 11.5 Å². The number of urea groups is 1. The van der Waals surface area contributed by atoms with E-state index in [1.54, 1.807) is 30.3 Å². The molecule has 5 N–H and O–H groups in total. The molecule has 178 valence electrons. The molecule has 0 bridgehead atoms. The summed E-state index contributed by atoms with van der Waals surface area (Å²) in [6, 6.07) is 12.7. The zero-order chi connectivity index (χ0) is 25.3. The molecule has 0 radical (unpaired) electrons. The first kappa shape index (κ1) is 23.9. The Morgan fingerprint density at radius 1 is 0.971 bits per heavy atom. The highest BCUT2D eigenvalue weighted by atomic mass is 28.1. The van der Waals surface area contributed by atoms with Crippen molar-refractivity contribution in [3.63, 3.8) is 0 Å². The Labute approximate surface area is 201 Å². The number of rotatable bonds is 5. The van der Waals surface area contributed by atoms with Gasteiger partial charge in [-0.15, -0.1) is 0 Å². The van der Waals surface area contributed by atoms with Gasteiger partial charge in [-0.1, -0.05) is 23.4 Å². The highest BCUT2D eigenvalue weighted by molar-refractivity contribution is 6.32. The van der Waals surface area contributed by atoms with Crippen molar-refractivity contribution in [2.45, 2.75) is 0 Å². The van der Waals surface area contributed by atoms with Gasteiger partial charge in [0.25, 0.3) is 0 Å². The minimum absolute atomic E-state index is 0.119. The number of amides is 3. The lowest BCUT2D eigenvalue weighted by molar-refractivity contribution is -0.114. The topological polar surface area (TPSA) is 114 Å². The zero-order valence-corrected chi connectivity index (χ0v) is 20.5. The number of benzene rings is 3. The third-order valence-corrected chi connectivity index (χ3v) is 5.90. The summed E-state index contributed by atoms with van der Waals surface area (Å²) in [5, 5.41) is 4.29. The third-order valence-electron chi connectivity index (χ3n) is 5.28. The van der Waals surface area contributed by atoms with Crippen LogP contribution in [0.3, 0.4) is 0 Å². The summed E-state index contributed by atoms with van der Waals surface area (Å²) in [4.78, 5) is 29.1. The molecule has 0 aliphatic carbocycles. The van der Waals surface area contributed by atoms with Crippen LogP contribution < -0.4 is 26.9 Å². The number of nitrogens with one attached hydrogen (secondary N) is 1. The van der Waals surface area contributed by atoms with E-state index in [1.165, 1.54) is 12.1 Å². The maximum Gasteiger partial charge on any atom is 0.325 e. The predicted molar refractivity (Wildman–Crippen MR) is 132 cm³/mol. The van der Waals surface area contributed by atoms with Crippen LogP contribution in [0.15, 0.2) is 60.7 Å². The average molecular weight is 496 g/mol. The van der Waals surface area contributed by atoms with Crippen molar-refractivity contribution in [1.29, 1.82) is 0 Å². The van der Waals surface area contributed by atoms with E-state index in [1.807, 2.05) is 0 Å². The predicted octanol–water partition coefficient (Wildman–Crippen LogP) is 2.42. The number of hydrogen-bond donors (Lipinski definition) is 3. The van der Waals surface area contributed by atoms with Gasteiger partial charge in [0.2, 0.25) is 5.91 Å². The van der Waals surface area contributed by atoms with Crippen LogP contribution >= 0.6 is 0 Å². The smallest absolute Gasteiger partial charge is 0.325 e. The van der Waals surface area contributed by atoms with E-state index in [0.717, 1.165) is 23.4 Å². The van der Waals surface area contributed by atoms with Gasteiger partial charge >= 0.3 is 6.03 Å². The third kappa shape index (κ3) is 4.72. The van der Waals surface area contributed by atoms with Crippen molar-refractivity contribution in [3.8, 4) is 11.3 Å². The summed E-state index contributed by atoms with van der Waals surface area (Å²) >= 11 is 0. The maximum absolute atomic E-state index is 15.0. The van der Waals surface area contributed by atoms with Gasteiger partial charge in [0.15, 0.2) is 0 Å². The number of aromatic nitrogens is 1. The number of carbonyl (C=O) groups is 2. The highest BCUT2D eigenvalue weighted by Crippen LogP contribution is 2.36. The fourth-order valence-electron chi connectivity index (χ4n) is 3.71. The number of para-hydroxylation sites is 1. The van der Waals surface area contributed by atoms with E-state index >= 15 is 0 Å². The summed E-state index contributed by atoms with van der Waals surface area (Å²) in [5.41, 5.74) is 10.8. The number of halogens is 3. The fourth-order valence-corrected chi connectivity index (χ4v) is 4.13. The van der Waals surface area contributed by atoms with E-state index < -0.39 is 35.1 Å². The molecule has 1 heterocycles. The Morgan fingerprint density at radius 3 is 2.31 bits per heavy atom. The Morgan fingerprint density at radius 2 is 1.69 bits per heavy atom. The molecular formula is C24H20F3N5O2Si. The molecule has 0 unspecified atom stereocenters. The first-order valence-corrected chi connectivity index (χ1v) is 11.4. The van der Waals surface area contributed by atoms with Crippen LogP contribution in [0.25, 0.3) is 22.0 Å². The minimum Gasteiger partial charge on any atom is -0.351 e. The zero-order valence-electron chi connectivity index (χ0n) is 18.5. The van der Waals surface area contributed by atoms with Crippen molar-refractivity contribution < 1.29 is 22.8 Å². The summed E-state index contributed by atoms with van der Waals surface area (Å²) in [5.74, 6) is -3.31. The van der Waals surface area contributed by atoms with Gasteiger partial charge in [-0.2, -0.15) is 0 Å². The molecule has 7 nitrogen and oxygen atoms in total. The Bertz CT molecular complexity index is 1460. The maximum atomic E-state index is 15.0. The fraction of sp³-hybridized carbons (Fsp3) is 0.0417. The number of nitrogens with zero attached hydrogens (tertiary/aromatic N) is 2. The normalized spacial score (nSPS) is 11.0. The molecule has 0 aliphatic heterocycles. The van der Waals surface area contributed by atoms with Crippen molar-refractivity contribution in [2.24, 2.45) is 11.5 Å². The monoisotopic (exact) mass is 495 g/mol. The molecule has 35 heavy (non-hydrogen) atoms. The summed E-state index contributed by atoms with van der Waals surface area (Å²) < 4.78 is 44.2. The number of primary amides is 1. The van der Waals surface area contributed by atoms with Crippen molar-refractivity contribution in [2.75, 3.05) is 16.8 Å². The second-order valence-corrected chi connectivity index (χ2v) is 8.90. The van der Waals surface area contributed by atoms with Gasteiger partial charge in [0, 0.05) is 26.9 Å². The van der Waals surface area contributed by atoms with Gasteiger partial charge in [0.05, 0.1) is 12.2 Å². The molecule has 0 saturated heterocycles. The molecule has 0 atom stereocenters. The molecule has 1 aromatic heterocycles. The van der Waals surface area contributed by atoms with Crippen LogP contribution in [0.4, 0.5) is 35.2 Å². The molecule has 0 saturated carbocycles. The number of pyridine rings is 1. The molecular weight excluding hydrogens is 475 g/mol. The van der Waals surface area contributed by atoms with Crippen LogP contribution in [0.5, 0.6) is 0 Å². The Kier molecular flexibility index (Phi) is 6.54. The Hall–Kier alpha value is -4.22. The van der Waals surface area contributed by atoms with Crippen LogP contribution in [0.2, 0.25) is 0 Å². The highest BCUT2D eigenvalue weighted by Gasteiger charge is 2.26. The molecule has 11 heteroatoms. The second-order valence-electron chi connectivity index (χ2n) is 7.74. The van der Waals surface area contributed by atoms with Gasteiger partial charge in [-0.3, -0.25) is 4.79 Å².